The van der Waals surface area contributed by atoms with Crippen LogP contribution in [0.5, 0.6) is 0 Å². The maximum Gasteiger partial charge on any atom is 0.272 e. The number of benzene rings is 2. The first-order valence-electron chi connectivity index (χ1n) is 10.8. The minimum absolute atomic E-state index is 0.182. The number of halogens is 2. The number of ether oxygens (including phenoxy) is 1. The lowest BCUT2D eigenvalue weighted by molar-refractivity contribution is 0.0926. The van der Waals surface area contributed by atoms with Gasteiger partial charge in [-0.25, -0.2) is 4.68 Å². The van der Waals surface area contributed by atoms with Crippen molar-refractivity contribution in [2.75, 3.05) is 6.61 Å². The van der Waals surface area contributed by atoms with E-state index in [1.54, 1.807) is 28.2 Å². The molecule has 0 saturated carbocycles. The third kappa shape index (κ3) is 4.55. The van der Waals surface area contributed by atoms with Gasteiger partial charge in [-0.1, -0.05) is 53.5 Å². The smallest absolute Gasteiger partial charge is 0.272 e. The van der Waals surface area contributed by atoms with E-state index >= 15 is 0 Å². The monoisotopic (exact) mass is 509 g/mol. The molecule has 4 aromatic rings. The lowest BCUT2D eigenvalue weighted by atomic mass is 10.0. The number of nitrogens with zero attached hydrogens (tertiary/aromatic N) is 2. The summed E-state index contributed by atoms with van der Waals surface area (Å²) in [6.45, 7) is 2.64. The van der Waals surface area contributed by atoms with E-state index in [0.717, 1.165) is 28.0 Å². The molecule has 1 atom stereocenters. The Morgan fingerprint density at radius 3 is 2.74 bits per heavy atom. The van der Waals surface area contributed by atoms with Crippen LogP contribution in [0.15, 0.2) is 65.4 Å². The first kappa shape index (κ1) is 22.9. The van der Waals surface area contributed by atoms with Crippen molar-refractivity contribution < 1.29 is 9.53 Å². The van der Waals surface area contributed by atoms with Gasteiger partial charge in [-0.3, -0.25) is 4.79 Å². The van der Waals surface area contributed by atoms with Gasteiger partial charge in [0.1, 0.15) is 0 Å². The molecule has 8 heteroatoms. The van der Waals surface area contributed by atoms with Crippen molar-refractivity contribution in [3.63, 3.8) is 0 Å². The fourth-order valence-electron chi connectivity index (χ4n) is 4.02. The van der Waals surface area contributed by atoms with Crippen LogP contribution in [0, 0.1) is 0 Å². The molecule has 3 heterocycles. The number of amides is 1. The second kappa shape index (κ2) is 9.76. The van der Waals surface area contributed by atoms with Crippen LogP contribution in [0.3, 0.4) is 0 Å². The van der Waals surface area contributed by atoms with Crippen LogP contribution >= 0.6 is 34.5 Å². The van der Waals surface area contributed by atoms with Crippen molar-refractivity contribution in [1.82, 2.24) is 15.1 Å². The SMILES string of the molecule is C[C@H](NC(=O)c1nn(-c2ccc(Cl)cc2Cl)c2c1COCC2=Cc1ccsc1)c1ccccc1. The largest absolute Gasteiger partial charge is 0.372 e. The molecule has 5 rings (SSSR count). The average Bonchev–Trinajstić information content (AvgIpc) is 3.48. The Labute approximate surface area is 211 Å². The zero-order valence-electron chi connectivity index (χ0n) is 18.3. The molecule has 1 amide bonds. The first-order chi connectivity index (χ1) is 16.5. The summed E-state index contributed by atoms with van der Waals surface area (Å²) in [6.07, 6.45) is 2.06. The molecule has 0 fully saturated rings. The van der Waals surface area contributed by atoms with Crippen LogP contribution in [0.2, 0.25) is 10.0 Å². The number of fused-ring (bicyclic) bond motifs is 1. The van der Waals surface area contributed by atoms with Crippen LogP contribution in [-0.2, 0) is 11.3 Å². The van der Waals surface area contributed by atoms with Crippen molar-refractivity contribution >= 4 is 52.1 Å². The molecule has 0 unspecified atom stereocenters. The number of hydrogen-bond donors (Lipinski definition) is 1. The first-order valence-corrected chi connectivity index (χ1v) is 12.4. The van der Waals surface area contributed by atoms with E-state index in [1.165, 1.54) is 0 Å². The lowest BCUT2D eigenvalue weighted by Crippen LogP contribution is -2.28. The molecule has 0 bridgehead atoms. The number of carbonyl (C=O) groups is 1. The summed E-state index contributed by atoms with van der Waals surface area (Å²) in [4.78, 5) is 13.4. The number of aromatic nitrogens is 2. The van der Waals surface area contributed by atoms with Crippen LogP contribution in [0.4, 0.5) is 0 Å². The fourth-order valence-corrected chi connectivity index (χ4v) is 5.12. The molecule has 1 aliphatic heterocycles. The highest BCUT2D eigenvalue weighted by molar-refractivity contribution is 7.08. The number of nitrogens with one attached hydrogen (secondary N) is 1. The molecular formula is C26H21Cl2N3O2S. The molecular weight excluding hydrogens is 489 g/mol. The minimum Gasteiger partial charge on any atom is -0.372 e. The van der Waals surface area contributed by atoms with E-state index in [9.17, 15) is 4.79 Å². The lowest BCUT2D eigenvalue weighted by Gasteiger charge is -2.19. The third-order valence-electron chi connectivity index (χ3n) is 5.68. The van der Waals surface area contributed by atoms with Crippen LogP contribution in [-0.4, -0.2) is 22.3 Å². The van der Waals surface area contributed by atoms with Crippen molar-refractivity contribution in [3.05, 3.63) is 103 Å². The molecule has 0 saturated heterocycles. The maximum atomic E-state index is 13.4. The van der Waals surface area contributed by atoms with Crippen LogP contribution < -0.4 is 5.32 Å². The zero-order chi connectivity index (χ0) is 23.7. The highest BCUT2D eigenvalue weighted by Gasteiger charge is 2.30. The molecule has 1 N–H and O–H groups in total. The quantitative estimate of drug-likeness (QED) is 0.321. The summed E-state index contributed by atoms with van der Waals surface area (Å²) in [5.74, 6) is -0.267. The molecule has 34 heavy (non-hydrogen) atoms. The highest BCUT2D eigenvalue weighted by Crippen LogP contribution is 2.35. The molecule has 2 aromatic carbocycles. The van der Waals surface area contributed by atoms with Crippen LogP contribution in [0.1, 0.15) is 45.8 Å². The van der Waals surface area contributed by atoms with Gasteiger partial charge in [-0.15, -0.1) is 0 Å². The molecule has 5 nitrogen and oxygen atoms in total. The third-order valence-corrected chi connectivity index (χ3v) is 6.92. The van der Waals surface area contributed by atoms with Crippen LogP contribution in [0.25, 0.3) is 17.3 Å². The summed E-state index contributed by atoms with van der Waals surface area (Å²) in [5.41, 5.74) is 5.52. The number of rotatable bonds is 5. The van der Waals surface area contributed by atoms with Crippen molar-refractivity contribution in [3.8, 4) is 5.69 Å². The normalized spacial score (nSPS) is 15.2. The van der Waals surface area contributed by atoms with Gasteiger partial charge in [0.15, 0.2) is 5.69 Å². The Bertz CT molecular complexity index is 1360. The summed E-state index contributed by atoms with van der Waals surface area (Å²) >= 11 is 14.3. The summed E-state index contributed by atoms with van der Waals surface area (Å²) < 4.78 is 7.62. The Morgan fingerprint density at radius 2 is 2.00 bits per heavy atom. The van der Waals surface area contributed by atoms with Gasteiger partial charge in [0.25, 0.3) is 5.91 Å². The van der Waals surface area contributed by atoms with Gasteiger partial charge in [0, 0.05) is 16.2 Å². The van der Waals surface area contributed by atoms with Gasteiger partial charge in [-0.2, -0.15) is 16.4 Å². The van der Waals surface area contributed by atoms with Crippen molar-refractivity contribution in [2.45, 2.75) is 19.6 Å². The van der Waals surface area contributed by atoms with E-state index in [2.05, 4.69) is 16.8 Å². The Balaban J connectivity index is 1.61. The molecule has 0 aliphatic carbocycles. The number of hydrogen-bond acceptors (Lipinski definition) is 4. The zero-order valence-corrected chi connectivity index (χ0v) is 20.6. The fraction of sp³-hybridized carbons (Fsp3) is 0.154. The highest BCUT2D eigenvalue weighted by atomic mass is 35.5. The Kier molecular flexibility index (Phi) is 6.57. The predicted molar refractivity (Wildman–Crippen MR) is 138 cm³/mol. The maximum absolute atomic E-state index is 13.4. The summed E-state index contributed by atoms with van der Waals surface area (Å²) in [6, 6.07) is 16.9. The van der Waals surface area contributed by atoms with Gasteiger partial charge < -0.3 is 10.1 Å². The van der Waals surface area contributed by atoms with Gasteiger partial charge in [-0.05, 0) is 59.2 Å². The average molecular weight is 510 g/mol. The number of carbonyl (C=O) groups excluding carboxylic acids is 1. The van der Waals surface area contributed by atoms with Gasteiger partial charge >= 0.3 is 0 Å². The topological polar surface area (TPSA) is 56.2 Å². The molecule has 0 spiro atoms. The van der Waals surface area contributed by atoms with Crippen molar-refractivity contribution in [1.29, 1.82) is 0 Å². The molecule has 172 valence electrons. The predicted octanol–water partition coefficient (Wildman–Crippen LogP) is 6.80. The molecule has 2 aromatic heterocycles. The minimum atomic E-state index is -0.267. The molecule has 1 aliphatic rings. The standard InChI is InChI=1S/C26H21Cl2N3O2S/c1-16(18-5-3-2-4-6-18)29-26(32)24-21-14-33-13-19(11-17-9-10-34-15-17)25(21)31(30-24)23-8-7-20(27)12-22(23)28/h2-12,15-16H,13-14H2,1H3,(H,29,32)/t16-/m0/s1. The summed E-state index contributed by atoms with van der Waals surface area (Å²) in [5, 5.41) is 12.9. The van der Waals surface area contributed by atoms with E-state index < -0.39 is 0 Å². The van der Waals surface area contributed by atoms with Crippen molar-refractivity contribution in [2.24, 2.45) is 0 Å². The number of thiophene rings is 1. The van der Waals surface area contributed by atoms with E-state index in [-0.39, 0.29) is 18.6 Å². The second-order valence-corrected chi connectivity index (χ2v) is 9.63. The summed E-state index contributed by atoms with van der Waals surface area (Å²) in [7, 11) is 0. The second-order valence-electron chi connectivity index (χ2n) is 8.01. The van der Waals surface area contributed by atoms with E-state index in [1.807, 2.05) is 54.8 Å². The van der Waals surface area contributed by atoms with Gasteiger partial charge in [0.2, 0.25) is 0 Å². The van der Waals surface area contributed by atoms with Gasteiger partial charge in [0.05, 0.1) is 35.7 Å². The van der Waals surface area contributed by atoms with E-state index in [0.29, 0.717) is 28.0 Å². The Morgan fingerprint density at radius 1 is 1.18 bits per heavy atom. The Hall–Kier alpha value is -2.90. The molecule has 0 radical (unpaired) electrons. The van der Waals surface area contributed by atoms with E-state index in [4.69, 9.17) is 33.0 Å².